The second-order valence-electron chi connectivity index (χ2n) is 8.80. The Bertz CT molecular complexity index is 1210. The van der Waals surface area contributed by atoms with Gasteiger partial charge >= 0.3 is 0 Å². The molecule has 0 bridgehead atoms. The lowest BCUT2D eigenvalue weighted by Gasteiger charge is -2.40. The molecule has 1 fully saturated rings. The molecule has 9 heteroatoms. The number of carbonyl (C=O) groups excluding carboxylic acids is 2. The van der Waals surface area contributed by atoms with Crippen molar-refractivity contribution < 1.29 is 9.59 Å². The van der Waals surface area contributed by atoms with Gasteiger partial charge in [-0.05, 0) is 57.0 Å². The van der Waals surface area contributed by atoms with E-state index < -0.39 is 0 Å². The minimum absolute atomic E-state index is 0.00959. The Balaban J connectivity index is 1.27. The zero-order valence-electron chi connectivity index (χ0n) is 20.3. The number of benzene rings is 2. The van der Waals surface area contributed by atoms with Crippen LogP contribution in [0, 0.1) is 13.8 Å². The molecule has 0 saturated carbocycles. The highest BCUT2D eigenvalue weighted by Gasteiger charge is 2.30. The average Bonchev–Trinajstić information content (AvgIpc) is 3.21. The third-order valence-electron chi connectivity index (χ3n) is 6.23. The summed E-state index contributed by atoms with van der Waals surface area (Å²) in [6.45, 7) is 7.71. The summed E-state index contributed by atoms with van der Waals surface area (Å²) in [7, 11) is 0. The van der Waals surface area contributed by atoms with E-state index in [2.05, 4.69) is 49.8 Å². The molecule has 1 atom stereocenters. The Labute approximate surface area is 219 Å². The summed E-state index contributed by atoms with van der Waals surface area (Å²) in [6.07, 6.45) is 1.24. The van der Waals surface area contributed by atoms with Crippen LogP contribution in [0.1, 0.15) is 41.5 Å². The van der Waals surface area contributed by atoms with E-state index in [4.69, 9.17) is 0 Å². The number of amides is 2. The van der Waals surface area contributed by atoms with Crippen molar-refractivity contribution in [3.63, 3.8) is 0 Å². The SMILES string of the molecule is Cc1ccccc1-n1c(C)nnc1SCCCC(=O)N1CCN(C(=O)c2cccc(Br)c2)C(C)C1. The second kappa shape index (κ2) is 11.4. The van der Waals surface area contributed by atoms with E-state index in [0.717, 1.165) is 33.3 Å². The summed E-state index contributed by atoms with van der Waals surface area (Å²) < 4.78 is 2.96. The van der Waals surface area contributed by atoms with E-state index in [-0.39, 0.29) is 17.9 Å². The first-order valence-electron chi connectivity index (χ1n) is 11.8. The summed E-state index contributed by atoms with van der Waals surface area (Å²) >= 11 is 5.05. The first-order chi connectivity index (χ1) is 16.8. The third kappa shape index (κ3) is 5.95. The van der Waals surface area contributed by atoms with Crippen LogP contribution in [0.25, 0.3) is 5.69 Å². The number of halogens is 1. The Morgan fingerprint density at radius 2 is 1.89 bits per heavy atom. The van der Waals surface area contributed by atoms with Crippen LogP contribution in [0.3, 0.4) is 0 Å². The fraction of sp³-hybridized carbons (Fsp3) is 0.385. The molecule has 0 radical (unpaired) electrons. The average molecular weight is 557 g/mol. The molecule has 2 heterocycles. The van der Waals surface area contributed by atoms with E-state index in [9.17, 15) is 9.59 Å². The molecule has 0 aliphatic carbocycles. The predicted molar refractivity (Wildman–Crippen MR) is 142 cm³/mol. The maximum Gasteiger partial charge on any atom is 0.254 e. The lowest BCUT2D eigenvalue weighted by Crippen LogP contribution is -2.55. The normalized spacial score (nSPS) is 15.9. The Hall–Kier alpha value is -2.65. The van der Waals surface area contributed by atoms with Crippen LogP contribution in [0.2, 0.25) is 0 Å². The van der Waals surface area contributed by atoms with E-state index in [1.165, 1.54) is 5.56 Å². The number of hydrogen-bond acceptors (Lipinski definition) is 5. The van der Waals surface area contributed by atoms with Crippen molar-refractivity contribution in [3.05, 3.63) is 70.0 Å². The molecule has 4 rings (SSSR count). The third-order valence-corrected chi connectivity index (χ3v) is 7.74. The topological polar surface area (TPSA) is 71.3 Å². The van der Waals surface area contributed by atoms with Crippen LogP contribution >= 0.6 is 27.7 Å². The summed E-state index contributed by atoms with van der Waals surface area (Å²) in [5.74, 6) is 1.79. The molecule has 1 aliphatic rings. The summed E-state index contributed by atoms with van der Waals surface area (Å²) in [4.78, 5) is 29.5. The fourth-order valence-corrected chi connectivity index (χ4v) is 5.67. The quantitative estimate of drug-likeness (QED) is 0.306. The van der Waals surface area contributed by atoms with Crippen molar-refractivity contribution >= 4 is 39.5 Å². The van der Waals surface area contributed by atoms with Crippen LogP contribution < -0.4 is 0 Å². The lowest BCUT2D eigenvalue weighted by atomic mass is 10.1. The van der Waals surface area contributed by atoms with Crippen LogP contribution in [-0.2, 0) is 4.79 Å². The number of piperazine rings is 1. The van der Waals surface area contributed by atoms with Gasteiger partial charge in [-0.2, -0.15) is 0 Å². The molecule has 0 N–H and O–H groups in total. The minimum Gasteiger partial charge on any atom is -0.339 e. The van der Waals surface area contributed by atoms with Gasteiger partial charge in [0.05, 0.1) is 5.69 Å². The van der Waals surface area contributed by atoms with Crippen LogP contribution in [0.5, 0.6) is 0 Å². The van der Waals surface area contributed by atoms with Gasteiger partial charge in [-0.15, -0.1) is 10.2 Å². The highest BCUT2D eigenvalue weighted by Crippen LogP contribution is 2.25. The molecule has 1 saturated heterocycles. The molecular weight excluding hydrogens is 526 g/mol. The molecule has 1 unspecified atom stereocenters. The van der Waals surface area contributed by atoms with E-state index in [0.29, 0.717) is 31.6 Å². The van der Waals surface area contributed by atoms with Crippen molar-refractivity contribution in [3.8, 4) is 5.69 Å². The molecule has 2 amide bonds. The van der Waals surface area contributed by atoms with Gasteiger partial charge in [0.25, 0.3) is 5.91 Å². The van der Waals surface area contributed by atoms with Crippen molar-refractivity contribution in [1.29, 1.82) is 0 Å². The largest absolute Gasteiger partial charge is 0.339 e. The van der Waals surface area contributed by atoms with Crippen LogP contribution in [0.4, 0.5) is 0 Å². The van der Waals surface area contributed by atoms with Gasteiger partial charge in [-0.1, -0.05) is 52.0 Å². The van der Waals surface area contributed by atoms with Crippen molar-refractivity contribution in [2.45, 2.75) is 44.8 Å². The zero-order valence-corrected chi connectivity index (χ0v) is 22.7. The minimum atomic E-state index is -0.0239. The fourth-order valence-electron chi connectivity index (χ4n) is 4.35. The van der Waals surface area contributed by atoms with Crippen molar-refractivity contribution in [2.75, 3.05) is 25.4 Å². The Kier molecular flexibility index (Phi) is 8.28. The zero-order chi connectivity index (χ0) is 24.9. The first kappa shape index (κ1) is 25.4. The van der Waals surface area contributed by atoms with Crippen LogP contribution in [-0.4, -0.2) is 67.8 Å². The maximum atomic E-state index is 12.9. The number of aromatic nitrogens is 3. The van der Waals surface area contributed by atoms with Gasteiger partial charge in [0.15, 0.2) is 5.16 Å². The predicted octanol–water partition coefficient (Wildman–Crippen LogP) is 4.89. The summed E-state index contributed by atoms with van der Waals surface area (Å²) in [6, 6.07) is 15.6. The number of hydrogen-bond donors (Lipinski definition) is 0. The highest BCUT2D eigenvalue weighted by atomic mass is 79.9. The molecule has 184 valence electrons. The van der Waals surface area contributed by atoms with Gasteiger partial charge in [-0.25, -0.2) is 0 Å². The number of aryl methyl sites for hydroxylation is 2. The number of para-hydroxylation sites is 1. The lowest BCUT2D eigenvalue weighted by molar-refractivity contribution is -0.133. The number of rotatable bonds is 7. The van der Waals surface area contributed by atoms with Gasteiger partial charge < -0.3 is 9.80 Å². The molecule has 7 nitrogen and oxygen atoms in total. The van der Waals surface area contributed by atoms with E-state index in [1.807, 2.05) is 60.0 Å². The number of carbonyl (C=O) groups is 2. The number of nitrogens with zero attached hydrogens (tertiary/aromatic N) is 5. The monoisotopic (exact) mass is 555 g/mol. The standard InChI is InChI=1S/C26H30BrN5O2S/c1-18-8-4-5-11-23(18)32-20(3)28-29-26(32)35-15-7-12-24(33)30-13-14-31(19(2)17-30)25(34)21-9-6-10-22(27)16-21/h4-6,8-11,16,19H,7,12-15,17H2,1-3H3. The first-order valence-corrected chi connectivity index (χ1v) is 13.6. The molecular formula is C26H30BrN5O2S. The molecule has 3 aromatic rings. The smallest absolute Gasteiger partial charge is 0.254 e. The highest BCUT2D eigenvalue weighted by molar-refractivity contribution is 9.10. The molecule has 0 spiro atoms. The van der Waals surface area contributed by atoms with Gasteiger partial charge in [0.2, 0.25) is 5.91 Å². The summed E-state index contributed by atoms with van der Waals surface area (Å²) in [5, 5.41) is 9.45. The van der Waals surface area contributed by atoms with Gasteiger partial charge in [-0.3, -0.25) is 14.2 Å². The molecule has 35 heavy (non-hydrogen) atoms. The van der Waals surface area contributed by atoms with Gasteiger partial charge in [0, 0.05) is 47.9 Å². The van der Waals surface area contributed by atoms with E-state index >= 15 is 0 Å². The van der Waals surface area contributed by atoms with Crippen molar-refractivity contribution in [1.82, 2.24) is 24.6 Å². The van der Waals surface area contributed by atoms with E-state index in [1.54, 1.807) is 11.8 Å². The molecule has 2 aromatic carbocycles. The Morgan fingerprint density at radius 3 is 2.63 bits per heavy atom. The maximum absolute atomic E-state index is 12.9. The Morgan fingerprint density at radius 1 is 1.09 bits per heavy atom. The molecule has 1 aromatic heterocycles. The van der Waals surface area contributed by atoms with Gasteiger partial charge in [0.1, 0.15) is 5.82 Å². The second-order valence-corrected chi connectivity index (χ2v) is 10.8. The summed E-state index contributed by atoms with van der Waals surface area (Å²) in [5.41, 5.74) is 2.91. The van der Waals surface area contributed by atoms with Crippen LogP contribution in [0.15, 0.2) is 58.2 Å². The number of thioether (sulfide) groups is 1. The molecule has 1 aliphatic heterocycles. The van der Waals surface area contributed by atoms with Crippen molar-refractivity contribution in [2.24, 2.45) is 0 Å².